The Kier molecular flexibility index (Phi) is 6.42. The summed E-state index contributed by atoms with van der Waals surface area (Å²) in [5.74, 6) is 1.03. The Balaban J connectivity index is 2.48. The Morgan fingerprint density at radius 1 is 1.30 bits per heavy atom. The van der Waals surface area contributed by atoms with Gasteiger partial charge in [0.1, 0.15) is 0 Å². The monoisotopic (exact) mass is 278 g/mol. The van der Waals surface area contributed by atoms with Crippen molar-refractivity contribution >= 4 is 11.9 Å². The van der Waals surface area contributed by atoms with E-state index in [0.29, 0.717) is 24.8 Å². The summed E-state index contributed by atoms with van der Waals surface area (Å²) < 4.78 is 0. The molecule has 1 aromatic heterocycles. The van der Waals surface area contributed by atoms with Crippen molar-refractivity contribution in [1.82, 2.24) is 15.3 Å². The largest absolute Gasteiger partial charge is 0.354 e. The lowest BCUT2D eigenvalue weighted by molar-refractivity contribution is -0.121. The quantitative estimate of drug-likeness (QED) is 0.804. The average molecular weight is 278 g/mol. The number of carbonyl (C=O) groups excluding carboxylic acids is 1. The first-order valence-corrected chi connectivity index (χ1v) is 7.31. The Hall–Kier alpha value is -1.65. The minimum absolute atomic E-state index is 0.0589. The Bertz CT molecular complexity index is 445. The first-order chi connectivity index (χ1) is 9.42. The van der Waals surface area contributed by atoms with Gasteiger partial charge in [-0.1, -0.05) is 20.8 Å². The summed E-state index contributed by atoms with van der Waals surface area (Å²) in [6.07, 6.45) is 1.37. The number of amides is 1. The third-order valence-electron chi connectivity index (χ3n) is 3.12. The standard InChI is InChI=1S/C15H26N4O/c1-6-11(4)17-14(20)7-8-16-15-18-12(5)9-13(19-15)10(2)3/h9-11H,6-8H2,1-5H3,(H,17,20)(H,16,18,19). The van der Waals surface area contributed by atoms with Gasteiger partial charge in [0.05, 0.1) is 0 Å². The minimum atomic E-state index is 0.0589. The summed E-state index contributed by atoms with van der Waals surface area (Å²) in [7, 11) is 0. The van der Waals surface area contributed by atoms with Crippen LogP contribution in [0.4, 0.5) is 5.95 Å². The number of nitrogens with zero attached hydrogens (tertiary/aromatic N) is 2. The van der Waals surface area contributed by atoms with Gasteiger partial charge in [-0.3, -0.25) is 4.79 Å². The van der Waals surface area contributed by atoms with Gasteiger partial charge in [0.25, 0.3) is 0 Å². The number of anilines is 1. The summed E-state index contributed by atoms with van der Waals surface area (Å²) >= 11 is 0. The summed E-state index contributed by atoms with van der Waals surface area (Å²) in [6, 6.07) is 2.22. The van der Waals surface area contributed by atoms with Crippen LogP contribution in [0.2, 0.25) is 0 Å². The van der Waals surface area contributed by atoms with Crippen molar-refractivity contribution in [2.75, 3.05) is 11.9 Å². The molecule has 5 nitrogen and oxygen atoms in total. The molecule has 0 radical (unpaired) electrons. The maximum Gasteiger partial charge on any atom is 0.223 e. The van der Waals surface area contributed by atoms with Crippen LogP contribution in [0.15, 0.2) is 6.07 Å². The van der Waals surface area contributed by atoms with E-state index >= 15 is 0 Å². The molecule has 0 aromatic carbocycles. The predicted molar refractivity (Wildman–Crippen MR) is 81.9 cm³/mol. The first kappa shape index (κ1) is 16.4. The maximum atomic E-state index is 11.7. The smallest absolute Gasteiger partial charge is 0.223 e. The zero-order chi connectivity index (χ0) is 15.1. The lowest BCUT2D eigenvalue weighted by Crippen LogP contribution is -2.33. The predicted octanol–water partition coefficient (Wildman–Crippen LogP) is 2.63. The van der Waals surface area contributed by atoms with Gasteiger partial charge in [-0.15, -0.1) is 0 Å². The molecule has 0 saturated heterocycles. The first-order valence-electron chi connectivity index (χ1n) is 7.31. The van der Waals surface area contributed by atoms with Gasteiger partial charge >= 0.3 is 0 Å². The van der Waals surface area contributed by atoms with Crippen molar-refractivity contribution in [2.24, 2.45) is 0 Å². The van der Waals surface area contributed by atoms with Crippen LogP contribution in [0.3, 0.4) is 0 Å². The van der Waals surface area contributed by atoms with E-state index in [2.05, 4.69) is 41.4 Å². The highest BCUT2D eigenvalue weighted by atomic mass is 16.1. The molecule has 0 bridgehead atoms. The zero-order valence-electron chi connectivity index (χ0n) is 13.2. The second-order valence-electron chi connectivity index (χ2n) is 5.47. The van der Waals surface area contributed by atoms with Crippen LogP contribution in [0, 0.1) is 6.92 Å². The minimum Gasteiger partial charge on any atom is -0.354 e. The van der Waals surface area contributed by atoms with E-state index in [0.717, 1.165) is 17.8 Å². The lowest BCUT2D eigenvalue weighted by Gasteiger charge is -2.12. The molecule has 1 unspecified atom stereocenters. The molecule has 0 aliphatic carbocycles. The van der Waals surface area contributed by atoms with Gasteiger partial charge in [0, 0.05) is 30.4 Å². The van der Waals surface area contributed by atoms with Crippen LogP contribution in [0.5, 0.6) is 0 Å². The molecule has 0 spiro atoms. The zero-order valence-corrected chi connectivity index (χ0v) is 13.2. The molecule has 5 heteroatoms. The van der Waals surface area contributed by atoms with E-state index in [4.69, 9.17) is 0 Å². The van der Waals surface area contributed by atoms with Crippen molar-refractivity contribution in [3.8, 4) is 0 Å². The van der Waals surface area contributed by atoms with E-state index in [1.807, 2.05) is 19.9 Å². The molecule has 0 fully saturated rings. The van der Waals surface area contributed by atoms with Crippen LogP contribution in [0.25, 0.3) is 0 Å². The van der Waals surface area contributed by atoms with Crippen LogP contribution < -0.4 is 10.6 Å². The number of rotatable bonds is 7. The van der Waals surface area contributed by atoms with Crippen LogP contribution in [-0.2, 0) is 4.79 Å². The van der Waals surface area contributed by atoms with Gasteiger partial charge in [-0.05, 0) is 32.3 Å². The number of aryl methyl sites for hydroxylation is 1. The Morgan fingerprint density at radius 2 is 2.00 bits per heavy atom. The van der Waals surface area contributed by atoms with Crippen molar-refractivity contribution < 1.29 is 4.79 Å². The highest BCUT2D eigenvalue weighted by Gasteiger charge is 2.07. The van der Waals surface area contributed by atoms with E-state index < -0.39 is 0 Å². The molecule has 0 aliphatic rings. The maximum absolute atomic E-state index is 11.7. The van der Waals surface area contributed by atoms with Gasteiger partial charge in [0.15, 0.2) is 0 Å². The molecular weight excluding hydrogens is 252 g/mol. The number of carbonyl (C=O) groups is 1. The fourth-order valence-corrected chi connectivity index (χ4v) is 1.70. The fourth-order valence-electron chi connectivity index (χ4n) is 1.70. The second kappa shape index (κ2) is 7.82. The number of hydrogen-bond donors (Lipinski definition) is 2. The summed E-state index contributed by atoms with van der Waals surface area (Å²) in [5, 5.41) is 6.06. The van der Waals surface area contributed by atoms with Gasteiger partial charge < -0.3 is 10.6 Å². The van der Waals surface area contributed by atoms with Gasteiger partial charge in [-0.2, -0.15) is 0 Å². The Labute approximate surface area is 121 Å². The van der Waals surface area contributed by atoms with Gasteiger partial charge in [0.2, 0.25) is 11.9 Å². The second-order valence-corrected chi connectivity index (χ2v) is 5.47. The third kappa shape index (κ3) is 5.55. The molecule has 0 saturated carbocycles. The van der Waals surface area contributed by atoms with Crippen LogP contribution in [-0.4, -0.2) is 28.5 Å². The molecule has 1 rings (SSSR count). The molecule has 1 heterocycles. The number of aromatic nitrogens is 2. The fraction of sp³-hybridized carbons (Fsp3) is 0.667. The molecule has 0 aliphatic heterocycles. The van der Waals surface area contributed by atoms with E-state index in [1.165, 1.54) is 0 Å². The van der Waals surface area contributed by atoms with Gasteiger partial charge in [-0.25, -0.2) is 9.97 Å². The van der Waals surface area contributed by atoms with E-state index in [9.17, 15) is 4.79 Å². The molecule has 1 amide bonds. The van der Waals surface area contributed by atoms with Crippen molar-refractivity contribution in [3.63, 3.8) is 0 Å². The molecule has 112 valence electrons. The Morgan fingerprint density at radius 3 is 2.60 bits per heavy atom. The van der Waals surface area contributed by atoms with Crippen molar-refractivity contribution in [2.45, 2.75) is 59.4 Å². The molecular formula is C15H26N4O. The molecule has 2 N–H and O–H groups in total. The molecule has 20 heavy (non-hydrogen) atoms. The lowest BCUT2D eigenvalue weighted by atomic mass is 10.1. The van der Waals surface area contributed by atoms with Crippen LogP contribution >= 0.6 is 0 Å². The van der Waals surface area contributed by atoms with Crippen LogP contribution in [0.1, 0.15) is 57.8 Å². The molecule has 1 atom stereocenters. The summed E-state index contributed by atoms with van der Waals surface area (Å²) in [4.78, 5) is 20.4. The third-order valence-corrected chi connectivity index (χ3v) is 3.12. The summed E-state index contributed by atoms with van der Waals surface area (Å²) in [5.41, 5.74) is 1.96. The van der Waals surface area contributed by atoms with E-state index in [1.54, 1.807) is 0 Å². The topological polar surface area (TPSA) is 66.9 Å². The molecule has 1 aromatic rings. The van der Waals surface area contributed by atoms with Crippen molar-refractivity contribution in [3.05, 3.63) is 17.5 Å². The highest BCUT2D eigenvalue weighted by molar-refractivity contribution is 5.76. The SMILES string of the molecule is CCC(C)NC(=O)CCNc1nc(C)cc(C(C)C)n1. The summed E-state index contributed by atoms with van der Waals surface area (Å²) in [6.45, 7) is 10.8. The number of hydrogen-bond acceptors (Lipinski definition) is 4. The average Bonchev–Trinajstić information content (AvgIpc) is 2.37. The van der Waals surface area contributed by atoms with Crippen molar-refractivity contribution in [1.29, 1.82) is 0 Å². The van der Waals surface area contributed by atoms with E-state index in [-0.39, 0.29) is 11.9 Å². The highest BCUT2D eigenvalue weighted by Crippen LogP contribution is 2.14. The number of nitrogens with one attached hydrogen (secondary N) is 2. The normalized spacial score (nSPS) is 12.3.